The number of likely N-dealkylation sites (tertiary alicyclic amines) is 1. The summed E-state index contributed by atoms with van der Waals surface area (Å²) < 4.78 is 0. The van der Waals surface area contributed by atoms with Crippen molar-refractivity contribution in [1.29, 1.82) is 0 Å². The molecule has 0 saturated carbocycles. The maximum atomic E-state index is 4.37. The predicted molar refractivity (Wildman–Crippen MR) is 79.7 cm³/mol. The van der Waals surface area contributed by atoms with Gasteiger partial charge in [-0.05, 0) is 45.8 Å². The van der Waals surface area contributed by atoms with Crippen LogP contribution in [0.1, 0.15) is 19.8 Å². The van der Waals surface area contributed by atoms with Gasteiger partial charge >= 0.3 is 0 Å². The number of hydrogen-bond acceptors (Lipinski definition) is 5. The summed E-state index contributed by atoms with van der Waals surface area (Å²) in [6.07, 6.45) is 4.20. The van der Waals surface area contributed by atoms with Crippen molar-refractivity contribution >= 4 is 11.6 Å². The van der Waals surface area contributed by atoms with Crippen molar-refractivity contribution < 1.29 is 0 Å². The van der Waals surface area contributed by atoms with Crippen molar-refractivity contribution in [2.45, 2.75) is 19.8 Å². The third-order valence-corrected chi connectivity index (χ3v) is 3.77. The molecule has 2 heterocycles. The van der Waals surface area contributed by atoms with Gasteiger partial charge < -0.3 is 15.1 Å². The summed E-state index contributed by atoms with van der Waals surface area (Å²) in [6.45, 7) is 6.46. The Balaban J connectivity index is 1.91. The van der Waals surface area contributed by atoms with E-state index in [0.717, 1.165) is 30.6 Å². The highest BCUT2D eigenvalue weighted by molar-refractivity contribution is 5.47. The van der Waals surface area contributed by atoms with E-state index < -0.39 is 0 Å². The van der Waals surface area contributed by atoms with E-state index in [4.69, 9.17) is 0 Å². The molecule has 19 heavy (non-hydrogen) atoms. The van der Waals surface area contributed by atoms with Crippen molar-refractivity contribution in [2.75, 3.05) is 50.5 Å². The van der Waals surface area contributed by atoms with Crippen molar-refractivity contribution in [3.8, 4) is 0 Å². The van der Waals surface area contributed by atoms with Crippen molar-refractivity contribution in [3.63, 3.8) is 0 Å². The van der Waals surface area contributed by atoms with Gasteiger partial charge in [-0.1, -0.05) is 0 Å². The lowest BCUT2D eigenvalue weighted by Gasteiger charge is -2.32. The van der Waals surface area contributed by atoms with Crippen LogP contribution < -0.4 is 10.2 Å². The maximum Gasteiger partial charge on any atom is 0.133 e. The van der Waals surface area contributed by atoms with Crippen LogP contribution in [-0.2, 0) is 0 Å². The van der Waals surface area contributed by atoms with Crippen LogP contribution in [0.3, 0.4) is 0 Å². The molecule has 0 aliphatic carbocycles. The highest BCUT2D eigenvalue weighted by atomic mass is 15.2. The Morgan fingerprint density at radius 3 is 2.79 bits per heavy atom. The van der Waals surface area contributed by atoms with Crippen LogP contribution in [-0.4, -0.2) is 55.1 Å². The number of rotatable bonds is 5. The Kier molecular flexibility index (Phi) is 4.96. The summed E-state index contributed by atoms with van der Waals surface area (Å²) in [4.78, 5) is 13.2. The molecule has 106 valence electrons. The SMILES string of the molecule is CCNc1cc(N(C)CC2CCN(C)CC2)ncn1. The molecule has 1 aromatic rings. The van der Waals surface area contributed by atoms with Crippen LogP contribution in [0.15, 0.2) is 12.4 Å². The number of anilines is 2. The molecule has 1 saturated heterocycles. The molecule has 1 aliphatic heterocycles. The zero-order valence-electron chi connectivity index (χ0n) is 12.3. The van der Waals surface area contributed by atoms with Gasteiger partial charge in [0.1, 0.15) is 18.0 Å². The molecule has 1 aliphatic rings. The first kappa shape index (κ1) is 14.1. The molecule has 0 unspecified atom stereocenters. The zero-order chi connectivity index (χ0) is 13.7. The quantitative estimate of drug-likeness (QED) is 0.876. The molecule has 0 spiro atoms. The van der Waals surface area contributed by atoms with Crippen molar-refractivity contribution in [1.82, 2.24) is 14.9 Å². The lowest BCUT2D eigenvalue weighted by molar-refractivity contribution is 0.222. The smallest absolute Gasteiger partial charge is 0.133 e. The zero-order valence-corrected chi connectivity index (χ0v) is 12.3. The lowest BCUT2D eigenvalue weighted by atomic mass is 9.97. The fourth-order valence-corrected chi connectivity index (χ4v) is 2.56. The molecule has 5 heteroatoms. The van der Waals surface area contributed by atoms with Crippen LogP contribution in [0.2, 0.25) is 0 Å². The van der Waals surface area contributed by atoms with E-state index in [9.17, 15) is 0 Å². The summed E-state index contributed by atoms with van der Waals surface area (Å²) >= 11 is 0. The van der Waals surface area contributed by atoms with E-state index >= 15 is 0 Å². The molecule has 1 fully saturated rings. The van der Waals surface area contributed by atoms with Crippen LogP contribution in [0.25, 0.3) is 0 Å². The van der Waals surface area contributed by atoms with Gasteiger partial charge in [-0.15, -0.1) is 0 Å². The fourth-order valence-electron chi connectivity index (χ4n) is 2.56. The lowest BCUT2D eigenvalue weighted by Crippen LogP contribution is -2.36. The highest BCUT2D eigenvalue weighted by Crippen LogP contribution is 2.20. The Labute approximate surface area is 116 Å². The summed E-state index contributed by atoms with van der Waals surface area (Å²) in [6, 6.07) is 2.03. The van der Waals surface area contributed by atoms with Crippen LogP contribution in [0.5, 0.6) is 0 Å². The monoisotopic (exact) mass is 263 g/mol. The summed E-state index contributed by atoms with van der Waals surface area (Å²) in [5.41, 5.74) is 0. The minimum atomic E-state index is 0.777. The molecule has 1 N–H and O–H groups in total. The Bertz CT molecular complexity index is 387. The van der Waals surface area contributed by atoms with Gasteiger partial charge in [0.05, 0.1) is 0 Å². The van der Waals surface area contributed by atoms with Crippen molar-refractivity contribution in [3.05, 3.63) is 12.4 Å². The molecular formula is C14H25N5. The third-order valence-electron chi connectivity index (χ3n) is 3.77. The Morgan fingerprint density at radius 2 is 2.11 bits per heavy atom. The molecule has 5 nitrogen and oxygen atoms in total. The van der Waals surface area contributed by atoms with Gasteiger partial charge in [-0.2, -0.15) is 0 Å². The molecule has 2 rings (SSSR count). The van der Waals surface area contributed by atoms with E-state index in [1.54, 1.807) is 6.33 Å². The number of aromatic nitrogens is 2. The molecular weight excluding hydrogens is 238 g/mol. The molecule has 0 aromatic carbocycles. The molecule has 0 atom stereocenters. The standard InChI is InChI=1S/C14H25N5/c1-4-15-13-9-14(17-11-16-13)19(3)10-12-5-7-18(2)8-6-12/h9,11-12H,4-8,10H2,1-3H3,(H,15,16,17). The Hall–Kier alpha value is -1.36. The normalized spacial score (nSPS) is 17.4. The number of nitrogens with zero attached hydrogens (tertiary/aromatic N) is 4. The van der Waals surface area contributed by atoms with Crippen LogP contribution in [0.4, 0.5) is 11.6 Å². The van der Waals surface area contributed by atoms with Gasteiger partial charge in [0, 0.05) is 26.2 Å². The van der Waals surface area contributed by atoms with Gasteiger partial charge in [-0.25, -0.2) is 9.97 Å². The third kappa shape index (κ3) is 4.06. The highest BCUT2D eigenvalue weighted by Gasteiger charge is 2.18. The first-order chi connectivity index (χ1) is 9.19. The van der Waals surface area contributed by atoms with Crippen LogP contribution in [0, 0.1) is 5.92 Å². The minimum absolute atomic E-state index is 0.777. The molecule has 1 aromatic heterocycles. The van der Waals surface area contributed by atoms with E-state index in [1.807, 2.05) is 6.07 Å². The first-order valence-electron chi connectivity index (χ1n) is 7.14. The molecule has 0 radical (unpaired) electrons. The summed E-state index contributed by atoms with van der Waals surface area (Å²) in [5.74, 6) is 2.69. The van der Waals surface area contributed by atoms with Crippen molar-refractivity contribution in [2.24, 2.45) is 5.92 Å². The predicted octanol–water partition coefficient (Wildman–Crippen LogP) is 1.69. The largest absolute Gasteiger partial charge is 0.370 e. The van der Waals surface area contributed by atoms with E-state index in [2.05, 4.69) is 46.1 Å². The van der Waals surface area contributed by atoms with Gasteiger partial charge in [0.15, 0.2) is 0 Å². The summed E-state index contributed by atoms with van der Waals surface area (Å²) in [5, 5.41) is 3.23. The number of piperidine rings is 1. The van der Waals surface area contributed by atoms with Gasteiger partial charge in [-0.3, -0.25) is 0 Å². The van der Waals surface area contributed by atoms with Gasteiger partial charge in [0.2, 0.25) is 0 Å². The second-order valence-corrected chi connectivity index (χ2v) is 5.42. The van der Waals surface area contributed by atoms with Gasteiger partial charge in [0.25, 0.3) is 0 Å². The maximum absolute atomic E-state index is 4.37. The summed E-state index contributed by atoms with van der Waals surface area (Å²) in [7, 11) is 4.32. The number of nitrogens with one attached hydrogen (secondary N) is 1. The average molecular weight is 263 g/mol. The molecule has 0 bridgehead atoms. The second-order valence-electron chi connectivity index (χ2n) is 5.42. The molecule has 0 amide bonds. The minimum Gasteiger partial charge on any atom is -0.370 e. The van der Waals surface area contributed by atoms with E-state index in [-0.39, 0.29) is 0 Å². The fraction of sp³-hybridized carbons (Fsp3) is 0.714. The van der Waals surface area contributed by atoms with E-state index in [1.165, 1.54) is 25.9 Å². The van der Waals surface area contributed by atoms with E-state index in [0.29, 0.717) is 0 Å². The second kappa shape index (κ2) is 6.70. The van der Waals surface area contributed by atoms with Crippen LogP contribution >= 0.6 is 0 Å². The first-order valence-corrected chi connectivity index (χ1v) is 7.14. The topological polar surface area (TPSA) is 44.3 Å². The average Bonchev–Trinajstić information content (AvgIpc) is 2.42. The Morgan fingerprint density at radius 1 is 1.37 bits per heavy atom. The number of hydrogen-bond donors (Lipinski definition) is 1.